The summed E-state index contributed by atoms with van der Waals surface area (Å²) in [5.74, 6) is -3.78. The Kier molecular flexibility index (Phi) is 9.22. The number of hydrogen-bond donors (Lipinski definition) is 3. The topological polar surface area (TPSA) is 130 Å². The summed E-state index contributed by atoms with van der Waals surface area (Å²) in [6, 6.07) is 6.03. The van der Waals surface area contributed by atoms with Gasteiger partial charge in [0, 0.05) is 10.6 Å². The first kappa shape index (κ1) is 32.7. The number of primary amides is 1. The lowest BCUT2D eigenvalue weighted by Gasteiger charge is -2.25. The van der Waals surface area contributed by atoms with E-state index in [1.54, 1.807) is 0 Å². The maximum absolute atomic E-state index is 13.3. The molecule has 1 saturated heterocycles. The van der Waals surface area contributed by atoms with Gasteiger partial charge in [0.2, 0.25) is 11.8 Å². The van der Waals surface area contributed by atoms with Crippen LogP contribution in [0.4, 0.5) is 32.0 Å². The summed E-state index contributed by atoms with van der Waals surface area (Å²) in [5.41, 5.74) is 2.14. The first-order valence-electron chi connectivity index (χ1n) is 12.0. The van der Waals surface area contributed by atoms with E-state index < -0.39 is 59.6 Å². The van der Waals surface area contributed by atoms with E-state index in [9.17, 15) is 45.5 Å². The molecule has 1 fully saturated rings. The minimum atomic E-state index is -5.03. The molecule has 2 aromatic carbocycles. The second kappa shape index (κ2) is 12.4. The normalized spacial score (nSPS) is 15.5. The fourth-order valence-electron chi connectivity index (χ4n) is 3.99. The van der Waals surface area contributed by atoms with Gasteiger partial charge in [-0.15, -0.1) is 11.3 Å². The van der Waals surface area contributed by atoms with Crippen molar-refractivity contribution in [3.63, 3.8) is 0 Å². The van der Waals surface area contributed by atoms with Crippen LogP contribution in [0.1, 0.15) is 32.8 Å². The smallest absolute Gasteiger partial charge is 0.416 e. The molecule has 44 heavy (non-hydrogen) atoms. The number of hydrogen-bond acceptors (Lipinski definition) is 7. The lowest BCUT2D eigenvalue weighted by Crippen LogP contribution is -2.48. The molecule has 8 nitrogen and oxygen atoms in total. The van der Waals surface area contributed by atoms with Gasteiger partial charge >= 0.3 is 18.3 Å². The molecule has 0 bridgehead atoms. The van der Waals surface area contributed by atoms with Crippen LogP contribution in [-0.4, -0.2) is 44.1 Å². The predicted molar refractivity (Wildman–Crippen MR) is 154 cm³/mol. The molecule has 4 rings (SSSR count). The van der Waals surface area contributed by atoms with Crippen LogP contribution in [0.3, 0.4) is 0 Å². The monoisotopic (exact) mass is 673 g/mol. The Morgan fingerprint density at radius 1 is 0.977 bits per heavy atom. The molecule has 2 heterocycles. The largest absolute Gasteiger partial charge is 0.478 e. The van der Waals surface area contributed by atoms with E-state index >= 15 is 0 Å². The van der Waals surface area contributed by atoms with E-state index in [0.717, 1.165) is 28.0 Å². The molecule has 0 radical (unpaired) electrons. The van der Waals surface area contributed by atoms with E-state index in [-0.39, 0.29) is 42.5 Å². The SMILES string of the molecule is NC(=O)C[C@@H](C(=O)Nc1ccc(C(=O)O)cc1)N1C(=O)/C(=C/c2cc(-c3cc(C(F)(F)F)cc(C(F)(F)F)c3)cs2)SC1=S. The fourth-order valence-corrected chi connectivity index (χ4v) is 6.26. The molecule has 230 valence electrons. The highest BCUT2D eigenvalue weighted by Crippen LogP contribution is 2.41. The molecule has 3 amide bonds. The highest BCUT2D eigenvalue weighted by molar-refractivity contribution is 8.26. The summed E-state index contributed by atoms with van der Waals surface area (Å²) < 4.78 is 79.7. The number of anilines is 1. The van der Waals surface area contributed by atoms with Crippen LogP contribution >= 0.6 is 35.3 Å². The number of nitrogens with one attached hydrogen (secondary N) is 1. The molecule has 0 spiro atoms. The number of carbonyl (C=O) groups is 4. The molecule has 0 aliphatic carbocycles. The molecule has 0 saturated carbocycles. The second-order valence-electron chi connectivity index (χ2n) is 9.14. The van der Waals surface area contributed by atoms with Crippen molar-refractivity contribution in [1.82, 2.24) is 4.90 Å². The van der Waals surface area contributed by atoms with Crippen LogP contribution in [0.2, 0.25) is 0 Å². The molecule has 1 aliphatic heterocycles. The Morgan fingerprint density at radius 3 is 2.09 bits per heavy atom. The zero-order valence-electron chi connectivity index (χ0n) is 21.7. The summed E-state index contributed by atoms with van der Waals surface area (Å²) in [7, 11) is 0. The maximum atomic E-state index is 13.3. The van der Waals surface area contributed by atoms with Gasteiger partial charge in [0.1, 0.15) is 10.4 Å². The zero-order valence-corrected chi connectivity index (χ0v) is 24.1. The van der Waals surface area contributed by atoms with Crippen LogP contribution in [0.25, 0.3) is 17.2 Å². The molecular formula is C27H17F6N3O5S3. The van der Waals surface area contributed by atoms with Crippen LogP contribution in [0, 0.1) is 0 Å². The molecule has 1 atom stereocenters. The Balaban J connectivity index is 1.60. The number of carboxylic acids is 1. The second-order valence-corrected chi connectivity index (χ2v) is 11.8. The maximum Gasteiger partial charge on any atom is 0.416 e. The number of nitrogens with zero attached hydrogens (tertiary/aromatic N) is 1. The van der Waals surface area contributed by atoms with Crippen molar-refractivity contribution in [3.8, 4) is 11.1 Å². The number of carbonyl (C=O) groups excluding carboxylic acids is 3. The number of nitrogens with two attached hydrogens (primary N) is 1. The third-order valence-electron chi connectivity index (χ3n) is 6.05. The average molecular weight is 674 g/mol. The lowest BCUT2D eigenvalue weighted by molar-refractivity contribution is -0.143. The number of rotatable bonds is 8. The van der Waals surface area contributed by atoms with Crippen LogP contribution in [0.5, 0.6) is 0 Å². The average Bonchev–Trinajstić information content (AvgIpc) is 3.50. The molecule has 3 aromatic rings. The summed E-state index contributed by atoms with van der Waals surface area (Å²) in [5, 5.41) is 12.8. The number of amides is 3. The Hall–Kier alpha value is -4.22. The lowest BCUT2D eigenvalue weighted by atomic mass is 10.0. The number of thiophene rings is 1. The first-order valence-corrected chi connectivity index (χ1v) is 14.1. The van der Waals surface area contributed by atoms with E-state index in [2.05, 4.69) is 5.32 Å². The predicted octanol–water partition coefficient (Wildman–Crippen LogP) is 6.23. The highest BCUT2D eigenvalue weighted by atomic mass is 32.2. The van der Waals surface area contributed by atoms with Gasteiger partial charge in [-0.3, -0.25) is 19.3 Å². The van der Waals surface area contributed by atoms with Crippen molar-refractivity contribution < 1.29 is 50.6 Å². The van der Waals surface area contributed by atoms with Crippen molar-refractivity contribution in [2.24, 2.45) is 5.73 Å². The summed E-state index contributed by atoms with van der Waals surface area (Å²) in [4.78, 5) is 50.4. The van der Waals surface area contributed by atoms with Crippen molar-refractivity contribution in [1.29, 1.82) is 0 Å². The van der Waals surface area contributed by atoms with E-state index in [0.29, 0.717) is 12.1 Å². The van der Waals surface area contributed by atoms with Gasteiger partial charge in [-0.2, -0.15) is 26.3 Å². The van der Waals surface area contributed by atoms with Crippen LogP contribution < -0.4 is 11.1 Å². The van der Waals surface area contributed by atoms with Crippen molar-refractivity contribution in [2.45, 2.75) is 24.8 Å². The number of thiocarbonyl (C=S) groups is 1. The summed E-state index contributed by atoms with van der Waals surface area (Å²) in [6.07, 6.45) is -9.38. The van der Waals surface area contributed by atoms with Crippen molar-refractivity contribution >= 4 is 75.1 Å². The minimum absolute atomic E-state index is 0.0197. The number of thioether (sulfide) groups is 1. The third kappa shape index (κ3) is 7.46. The Bertz CT molecular complexity index is 1670. The molecule has 0 unspecified atom stereocenters. The minimum Gasteiger partial charge on any atom is -0.478 e. The van der Waals surface area contributed by atoms with Crippen LogP contribution in [-0.2, 0) is 26.7 Å². The van der Waals surface area contributed by atoms with Gasteiger partial charge < -0.3 is 16.2 Å². The first-order chi connectivity index (χ1) is 20.4. The summed E-state index contributed by atoms with van der Waals surface area (Å²) >= 11 is 6.96. The quantitative estimate of drug-likeness (QED) is 0.147. The number of alkyl halides is 6. The Morgan fingerprint density at radius 2 is 1.57 bits per heavy atom. The number of benzene rings is 2. The fraction of sp³-hybridized carbons (Fsp3) is 0.148. The van der Waals surface area contributed by atoms with Crippen LogP contribution in [0.15, 0.2) is 58.8 Å². The van der Waals surface area contributed by atoms with Gasteiger partial charge in [-0.1, -0.05) is 24.0 Å². The molecule has 4 N–H and O–H groups in total. The standard InChI is InChI=1S/C27H17F6N3O5S3/c28-26(29,30)15-5-13(6-16(8-15)27(31,32)33)14-7-18(43-11-14)9-20-23(39)36(25(42)44-20)19(10-21(34)37)22(38)35-17-3-1-12(2-4-17)24(40)41/h1-9,11,19H,10H2,(H2,34,37)(H,35,38)(H,40,41)/b20-9-/t19-/m0/s1. The van der Waals surface area contributed by atoms with Gasteiger partial charge in [0.15, 0.2) is 0 Å². The molecular weight excluding hydrogens is 657 g/mol. The molecule has 1 aliphatic rings. The van der Waals surface area contributed by atoms with Gasteiger partial charge in [-0.25, -0.2) is 4.79 Å². The molecule has 17 heteroatoms. The summed E-state index contributed by atoms with van der Waals surface area (Å²) in [6.45, 7) is 0. The van der Waals surface area contributed by atoms with Crippen molar-refractivity contribution in [2.75, 3.05) is 5.32 Å². The van der Waals surface area contributed by atoms with E-state index in [1.807, 2.05) is 0 Å². The highest BCUT2D eigenvalue weighted by Gasteiger charge is 2.41. The number of aromatic carboxylic acids is 1. The Labute approximate surface area is 257 Å². The van der Waals surface area contributed by atoms with Gasteiger partial charge in [0.05, 0.1) is 28.0 Å². The zero-order chi connectivity index (χ0) is 32.6. The van der Waals surface area contributed by atoms with Crippen molar-refractivity contribution in [3.05, 3.63) is 80.4 Å². The number of halogens is 6. The third-order valence-corrected chi connectivity index (χ3v) is 8.26. The van der Waals surface area contributed by atoms with E-state index in [1.165, 1.54) is 41.8 Å². The van der Waals surface area contributed by atoms with Gasteiger partial charge in [-0.05, 0) is 71.1 Å². The molecule has 1 aromatic heterocycles. The van der Waals surface area contributed by atoms with E-state index in [4.69, 9.17) is 23.1 Å². The van der Waals surface area contributed by atoms with Gasteiger partial charge in [0.25, 0.3) is 5.91 Å². The number of carboxylic acid groups (broad SMARTS) is 1.